The first kappa shape index (κ1) is 11.4. The molecule has 5 nitrogen and oxygen atoms in total. The van der Waals surface area contributed by atoms with Crippen LogP contribution in [0.3, 0.4) is 0 Å². The zero-order chi connectivity index (χ0) is 12.9. The van der Waals surface area contributed by atoms with Gasteiger partial charge in [-0.05, 0) is 22.9 Å². The molecule has 0 saturated carbocycles. The summed E-state index contributed by atoms with van der Waals surface area (Å²) in [7, 11) is 0. The maximum absolute atomic E-state index is 5.69. The van der Waals surface area contributed by atoms with Crippen molar-refractivity contribution in [3.05, 3.63) is 66.5 Å². The van der Waals surface area contributed by atoms with E-state index in [2.05, 4.69) is 21.5 Å². The summed E-state index contributed by atoms with van der Waals surface area (Å²) in [6, 6.07) is 18.6. The summed E-state index contributed by atoms with van der Waals surface area (Å²) in [6.45, 7) is 0.506. The minimum atomic E-state index is 0.506. The summed E-state index contributed by atoms with van der Waals surface area (Å²) in [5, 5.41) is 11.4. The highest BCUT2D eigenvalue weighted by Crippen LogP contribution is 2.15. The molecule has 0 fully saturated rings. The number of hydrogen-bond acceptors (Lipinski definition) is 4. The Balaban J connectivity index is 1.74. The van der Waals surface area contributed by atoms with E-state index in [0.29, 0.717) is 18.0 Å². The fourth-order valence-corrected chi connectivity index (χ4v) is 1.65. The van der Waals surface area contributed by atoms with Crippen LogP contribution < -0.4 is 4.74 Å². The van der Waals surface area contributed by atoms with Crippen molar-refractivity contribution in [2.45, 2.75) is 6.61 Å². The van der Waals surface area contributed by atoms with Crippen molar-refractivity contribution >= 4 is 0 Å². The highest BCUT2D eigenvalue weighted by molar-refractivity contribution is 5.35. The first-order chi connectivity index (χ1) is 9.42. The Bertz CT molecular complexity index is 638. The lowest BCUT2D eigenvalue weighted by atomic mass is 10.2. The normalized spacial score (nSPS) is 10.3. The van der Waals surface area contributed by atoms with Crippen LogP contribution in [0.15, 0.2) is 54.9 Å². The average molecular weight is 251 g/mol. The lowest BCUT2D eigenvalue weighted by molar-refractivity contribution is 0.305. The molecule has 3 rings (SSSR count). The van der Waals surface area contributed by atoms with Gasteiger partial charge in [0, 0.05) is 0 Å². The second-order valence-electron chi connectivity index (χ2n) is 3.90. The Labute approximate surface area is 110 Å². The van der Waals surface area contributed by atoms with E-state index >= 15 is 0 Å². The fraction of sp³-hybridized carbons (Fsp3) is 0.0714. The van der Waals surface area contributed by atoms with Gasteiger partial charge in [0.1, 0.15) is 12.4 Å². The quantitative estimate of drug-likeness (QED) is 0.712. The first-order valence-corrected chi connectivity index (χ1v) is 5.84. The minimum absolute atomic E-state index is 0.506. The Kier molecular flexibility index (Phi) is 3.18. The van der Waals surface area contributed by atoms with Crippen molar-refractivity contribution in [2.75, 3.05) is 0 Å². The Hall–Kier alpha value is -2.69. The van der Waals surface area contributed by atoms with Gasteiger partial charge in [-0.3, -0.25) is 0 Å². The van der Waals surface area contributed by atoms with Gasteiger partial charge in [-0.1, -0.05) is 36.4 Å². The molecule has 2 aromatic carbocycles. The maximum atomic E-state index is 5.69. The Morgan fingerprint density at radius 2 is 1.95 bits per heavy atom. The van der Waals surface area contributed by atoms with Gasteiger partial charge in [-0.15, -0.1) is 15.0 Å². The second kappa shape index (κ2) is 5.30. The minimum Gasteiger partial charge on any atom is -0.488 e. The largest absolute Gasteiger partial charge is 0.488 e. The van der Waals surface area contributed by atoms with Gasteiger partial charge in [0.05, 0.1) is 11.8 Å². The van der Waals surface area contributed by atoms with Crippen molar-refractivity contribution in [2.24, 2.45) is 0 Å². The molecule has 93 valence electrons. The molecule has 0 aliphatic rings. The number of tetrazole rings is 1. The molecular formula is C14H11N4O. The number of ether oxygens (including phenoxy) is 1. The zero-order valence-corrected chi connectivity index (χ0v) is 10.1. The van der Waals surface area contributed by atoms with Crippen LogP contribution in [0.2, 0.25) is 0 Å². The molecule has 19 heavy (non-hydrogen) atoms. The van der Waals surface area contributed by atoms with Gasteiger partial charge in [-0.25, -0.2) is 0 Å². The molecule has 1 heterocycles. The molecule has 0 unspecified atom stereocenters. The molecular weight excluding hydrogens is 240 g/mol. The van der Waals surface area contributed by atoms with Gasteiger partial charge in [0.15, 0.2) is 6.33 Å². The summed E-state index contributed by atoms with van der Waals surface area (Å²) in [6.07, 6.45) is 1.38. The predicted molar refractivity (Wildman–Crippen MR) is 68.8 cm³/mol. The van der Waals surface area contributed by atoms with Crippen LogP contribution in [-0.4, -0.2) is 20.2 Å². The van der Waals surface area contributed by atoms with Gasteiger partial charge in [0.25, 0.3) is 0 Å². The van der Waals surface area contributed by atoms with Crippen LogP contribution in [0, 0.1) is 6.07 Å². The SMILES string of the molecule is [c]1c(OCc2ccccc2)cccc1-n1ncnn1. The monoisotopic (exact) mass is 251 g/mol. The lowest BCUT2D eigenvalue weighted by Gasteiger charge is -2.06. The third-order valence-electron chi connectivity index (χ3n) is 2.55. The van der Waals surface area contributed by atoms with E-state index in [0.717, 1.165) is 5.56 Å². The van der Waals surface area contributed by atoms with Crippen molar-refractivity contribution in [3.8, 4) is 11.4 Å². The molecule has 3 aromatic rings. The summed E-state index contributed by atoms with van der Waals surface area (Å²) in [4.78, 5) is 1.40. The summed E-state index contributed by atoms with van der Waals surface area (Å²) >= 11 is 0. The van der Waals surface area contributed by atoms with Crippen LogP contribution in [0.4, 0.5) is 0 Å². The van der Waals surface area contributed by atoms with Gasteiger partial charge in [-0.2, -0.15) is 0 Å². The highest BCUT2D eigenvalue weighted by Gasteiger charge is 2.02. The zero-order valence-electron chi connectivity index (χ0n) is 10.1. The highest BCUT2D eigenvalue weighted by atomic mass is 16.5. The number of aromatic nitrogens is 4. The standard InChI is InChI=1S/C14H11N4O/c1-2-5-12(6-3-1)10-19-14-8-4-7-13(9-14)18-16-11-15-17-18/h1-8,11H,10H2. The Morgan fingerprint density at radius 3 is 2.74 bits per heavy atom. The van der Waals surface area contributed by atoms with Crippen molar-refractivity contribution in [1.82, 2.24) is 20.2 Å². The second-order valence-corrected chi connectivity index (χ2v) is 3.90. The molecule has 5 heteroatoms. The van der Waals surface area contributed by atoms with Gasteiger partial charge in [0.2, 0.25) is 0 Å². The number of hydrogen-bond donors (Lipinski definition) is 0. The number of rotatable bonds is 4. The van der Waals surface area contributed by atoms with Crippen molar-refractivity contribution < 1.29 is 4.74 Å². The molecule has 0 aliphatic carbocycles. The van der Waals surface area contributed by atoms with Crippen LogP contribution >= 0.6 is 0 Å². The van der Waals surface area contributed by atoms with E-state index in [1.807, 2.05) is 48.5 Å². The smallest absolute Gasteiger partial charge is 0.162 e. The van der Waals surface area contributed by atoms with Crippen molar-refractivity contribution in [1.29, 1.82) is 0 Å². The molecule has 0 atom stereocenters. The lowest BCUT2D eigenvalue weighted by Crippen LogP contribution is -2.00. The topological polar surface area (TPSA) is 52.8 Å². The third kappa shape index (κ3) is 2.77. The van der Waals surface area contributed by atoms with Gasteiger partial charge < -0.3 is 4.74 Å². The average Bonchev–Trinajstić information content (AvgIpc) is 3.01. The predicted octanol–water partition coefficient (Wildman–Crippen LogP) is 2.04. The van der Waals surface area contributed by atoms with E-state index in [1.165, 1.54) is 11.1 Å². The fourth-order valence-electron chi connectivity index (χ4n) is 1.65. The van der Waals surface area contributed by atoms with Crippen molar-refractivity contribution in [3.63, 3.8) is 0 Å². The molecule has 0 aliphatic heterocycles. The maximum Gasteiger partial charge on any atom is 0.162 e. The van der Waals surface area contributed by atoms with E-state index < -0.39 is 0 Å². The van der Waals surface area contributed by atoms with Gasteiger partial charge >= 0.3 is 0 Å². The molecule has 0 bridgehead atoms. The van der Waals surface area contributed by atoms with E-state index in [4.69, 9.17) is 4.74 Å². The van der Waals surface area contributed by atoms with E-state index in [1.54, 1.807) is 0 Å². The summed E-state index contributed by atoms with van der Waals surface area (Å²) in [5.41, 5.74) is 1.81. The molecule has 1 aromatic heterocycles. The molecule has 0 saturated heterocycles. The molecule has 0 amide bonds. The molecule has 1 radical (unpaired) electrons. The molecule has 0 N–H and O–H groups in total. The van der Waals surface area contributed by atoms with E-state index in [9.17, 15) is 0 Å². The summed E-state index contributed by atoms with van der Waals surface area (Å²) < 4.78 is 5.69. The van der Waals surface area contributed by atoms with Crippen LogP contribution in [0.25, 0.3) is 5.69 Å². The first-order valence-electron chi connectivity index (χ1n) is 5.84. The Morgan fingerprint density at radius 1 is 1.05 bits per heavy atom. The number of nitrogens with zero attached hydrogens (tertiary/aromatic N) is 4. The van der Waals surface area contributed by atoms with Crippen LogP contribution in [-0.2, 0) is 6.61 Å². The van der Waals surface area contributed by atoms with Crippen LogP contribution in [0.1, 0.15) is 5.56 Å². The third-order valence-corrected chi connectivity index (χ3v) is 2.55. The van der Waals surface area contributed by atoms with Crippen LogP contribution in [0.5, 0.6) is 5.75 Å². The summed E-state index contributed by atoms with van der Waals surface area (Å²) in [5.74, 6) is 0.652. The molecule has 0 spiro atoms. The number of benzene rings is 2. The van der Waals surface area contributed by atoms with E-state index in [-0.39, 0.29) is 0 Å².